The van der Waals surface area contributed by atoms with Crippen molar-refractivity contribution in [2.24, 2.45) is 0 Å². The van der Waals surface area contributed by atoms with Gasteiger partial charge in [-0.3, -0.25) is 4.79 Å². The average Bonchev–Trinajstić information content (AvgIpc) is 2.42. The van der Waals surface area contributed by atoms with E-state index in [2.05, 4.69) is 5.32 Å². The van der Waals surface area contributed by atoms with Crippen LogP contribution in [0.2, 0.25) is 0 Å². The maximum Gasteiger partial charge on any atom is 0.304 e. The monoisotopic (exact) mass is 307 g/mol. The van der Waals surface area contributed by atoms with Crippen LogP contribution >= 0.6 is 0 Å². The Morgan fingerprint density at radius 3 is 2.40 bits per heavy atom. The lowest BCUT2D eigenvalue weighted by atomic mass is 10.1. The summed E-state index contributed by atoms with van der Waals surface area (Å²) in [4.78, 5) is 10.6. The van der Waals surface area contributed by atoms with Gasteiger partial charge >= 0.3 is 5.97 Å². The fourth-order valence-corrected chi connectivity index (χ4v) is 4.03. The Labute approximate surface area is 121 Å². The molecule has 0 aromatic carbocycles. The molecular formula is C12H25N3O4S. The molecule has 118 valence electrons. The van der Waals surface area contributed by atoms with Crippen LogP contribution in [0.15, 0.2) is 0 Å². The first kappa shape index (κ1) is 17.4. The summed E-state index contributed by atoms with van der Waals surface area (Å²) in [6, 6.07) is 0.00785. The molecule has 2 N–H and O–H groups in total. The number of nitrogens with zero attached hydrogens (tertiary/aromatic N) is 2. The van der Waals surface area contributed by atoms with Crippen molar-refractivity contribution in [3.63, 3.8) is 0 Å². The maximum absolute atomic E-state index is 12.6. The normalized spacial score (nSPS) is 17.8. The summed E-state index contributed by atoms with van der Waals surface area (Å²) in [6.45, 7) is 4.06. The summed E-state index contributed by atoms with van der Waals surface area (Å²) >= 11 is 0. The van der Waals surface area contributed by atoms with Crippen molar-refractivity contribution < 1.29 is 18.3 Å². The van der Waals surface area contributed by atoms with Crippen LogP contribution in [-0.2, 0) is 15.0 Å². The molecule has 0 saturated carbocycles. The highest BCUT2D eigenvalue weighted by molar-refractivity contribution is 7.86. The fraction of sp³-hybridized carbons (Fsp3) is 0.917. The molecule has 1 aliphatic heterocycles. The molecule has 8 heteroatoms. The summed E-state index contributed by atoms with van der Waals surface area (Å²) in [5, 5.41) is 11.9. The lowest BCUT2D eigenvalue weighted by Crippen LogP contribution is -2.51. The Kier molecular flexibility index (Phi) is 6.87. The van der Waals surface area contributed by atoms with E-state index in [-0.39, 0.29) is 19.0 Å². The Morgan fingerprint density at radius 1 is 1.30 bits per heavy atom. The summed E-state index contributed by atoms with van der Waals surface area (Å²) < 4.78 is 27.8. The molecule has 0 unspecified atom stereocenters. The molecule has 0 spiro atoms. The van der Waals surface area contributed by atoms with Crippen LogP contribution in [0.4, 0.5) is 0 Å². The highest BCUT2D eigenvalue weighted by Gasteiger charge is 2.33. The molecule has 0 radical (unpaired) electrons. The minimum Gasteiger partial charge on any atom is -0.481 e. The van der Waals surface area contributed by atoms with Crippen molar-refractivity contribution in [1.82, 2.24) is 13.9 Å². The summed E-state index contributed by atoms with van der Waals surface area (Å²) in [7, 11) is -2.14. The first-order chi connectivity index (χ1) is 9.39. The van der Waals surface area contributed by atoms with E-state index >= 15 is 0 Å². The summed E-state index contributed by atoms with van der Waals surface area (Å²) in [6.07, 6.45) is 2.16. The van der Waals surface area contributed by atoms with Gasteiger partial charge in [-0.05, 0) is 32.4 Å². The minimum atomic E-state index is -3.58. The van der Waals surface area contributed by atoms with Crippen LogP contribution in [-0.4, -0.2) is 67.4 Å². The third kappa shape index (κ3) is 4.69. The molecule has 1 heterocycles. The Hall–Kier alpha value is -0.700. The molecule has 0 aliphatic carbocycles. The van der Waals surface area contributed by atoms with E-state index in [9.17, 15) is 13.2 Å². The number of aliphatic carboxylic acids is 1. The zero-order chi connectivity index (χ0) is 15.2. The smallest absolute Gasteiger partial charge is 0.304 e. The van der Waals surface area contributed by atoms with Gasteiger partial charge in [-0.2, -0.15) is 17.0 Å². The molecule has 1 saturated heterocycles. The van der Waals surface area contributed by atoms with Crippen LogP contribution < -0.4 is 5.32 Å². The van der Waals surface area contributed by atoms with E-state index in [1.54, 1.807) is 0 Å². The van der Waals surface area contributed by atoms with Gasteiger partial charge in [-0.25, -0.2) is 0 Å². The van der Waals surface area contributed by atoms with E-state index in [1.165, 1.54) is 11.4 Å². The zero-order valence-corrected chi connectivity index (χ0v) is 13.0. The third-order valence-electron chi connectivity index (χ3n) is 3.49. The number of carboxylic acid groups (broad SMARTS) is 1. The standard InChI is InChI=1S/C12H25N3O4S/c1-3-9-15(11-4-7-13-8-5-11)20(18,19)14(2)10-6-12(16)17/h11,13H,3-10H2,1-2H3,(H,16,17). The number of carboxylic acids is 1. The SMILES string of the molecule is CCCN(C1CCNCC1)S(=O)(=O)N(C)CCC(=O)O. The van der Waals surface area contributed by atoms with Gasteiger partial charge in [0.25, 0.3) is 10.2 Å². The highest BCUT2D eigenvalue weighted by atomic mass is 32.2. The Balaban J connectivity index is 2.78. The molecule has 0 aromatic rings. The second-order valence-corrected chi connectivity index (χ2v) is 7.05. The molecule has 1 aliphatic rings. The molecule has 7 nitrogen and oxygen atoms in total. The predicted octanol–water partition coefficient (Wildman–Crippen LogP) is 0.102. The van der Waals surface area contributed by atoms with Crippen LogP contribution in [0, 0.1) is 0 Å². The zero-order valence-electron chi connectivity index (χ0n) is 12.2. The maximum atomic E-state index is 12.6. The van der Waals surface area contributed by atoms with Crippen LogP contribution in [0.3, 0.4) is 0 Å². The molecule has 0 amide bonds. The first-order valence-corrected chi connectivity index (χ1v) is 8.45. The molecule has 1 rings (SSSR count). The van der Waals surface area contributed by atoms with Gasteiger partial charge < -0.3 is 10.4 Å². The molecule has 20 heavy (non-hydrogen) atoms. The van der Waals surface area contributed by atoms with Crippen LogP contribution in [0.25, 0.3) is 0 Å². The average molecular weight is 307 g/mol. The van der Waals surface area contributed by atoms with Gasteiger partial charge in [0, 0.05) is 26.2 Å². The van der Waals surface area contributed by atoms with E-state index in [0.717, 1.165) is 36.7 Å². The topological polar surface area (TPSA) is 90.0 Å². The highest BCUT2D eigenvalue weighted by Crippen LogP contribution is 2.19. The second-order valence-electron chi connectivity index (χ2n) is 5.06. The predicted molar refractivity (Wildman–Crippen MR) is 76.7 cm³/mol. The van der Waals surface area contributed by atoms with Crippen molar-refractivity contribution in [3.8, 4) is 0 Å². The fourth-order valence-electron chi connectivity index (χ4n) is 2.35. The molecular weight excluding hydrogens is 282 g/mol. The van der Waals surface area contributed by atoms with Gasteiger partial charge in [-0.15, -0.1) is 0 Å². The van der Waals surface area contributed by atoms with Gasteiger partial charge in [-0.1, -0.05) is 6.92 Å². The van der Waals surface area contributed by atoms with Gasteiger partial charge in [0.15, 0.2) is 0 Å². The number of hydrogen-bond donors (Lipinski definition) is 2. The lowest BCUT2D eigenvalue weighted by Gasteiger charge is -2.35. The van der Waals surface area contributed by atoms with Crippen molar-refractivity contribution in [3.05, 3.63) is 0 Å². The Bertz CT molecular complexity index is 407. The third-order valence-corrected chi connectivity index (χ3v) is 5.53. The van der Waals surface area contributed by atoms with Crippen molar-refractivity contribution in [1.29, 1.82) is 0 Å². The number of nitrogens with one attached hydrogen (secondary N) is 1. The summed E-state index contributed by atoms with van der Waals surface area (Å²) in [5.41, 5.74) is 0. The summed E-state index contributed by atoms with van der Waals surface area (Å²) in [5.74, 6) is -0.990. The first-order valence-electron chi connectivity index (χ1n) is 7.05. The molecule has 1 fully saturated rings. The van der Waals surface area contributed by atoms with Crippen LogP contribution in [0.5, 0.6) is 0 Å². The van der Waals surface area contributed by atoms with Gasteiger partial charge in [0.05, 0.1) is 6.42 Å². The number of rotatable bonds is 8. The number of hydrogen-bond acceptors (Lipinski definition) is 4. The number of carbonyl (C=O) groups is 1. The Morgan fingerprint density at radius 2 is 1.90 bits per heavy atom. The largest absolute Gasteiger partial charge is 0.481 e. The van der Waals surface area contributed by atoms with Crippen molar-refractivity contribution >= 4 is 16.2 Å². The van der Waals surface area contributed by atoms with E-state index in [4.69, 9.17) is 5.11 Å². The molecule has 0 bridgehead atoms. The quantitative estimate of drug-likeness (QED) is 0.664. The van der Waals surface area contributed by atoms with Crippen LogP contribution in [0.1, 0.15) is 32.6 Å². The second kappa shape index (κ2) is 7.92. The van der Waals surface area contributed by atoms with E-state index < -0.39 is 16.2 Å². The minimum absolute atomic E-state index is 0.00283. The van der Waals surface area contributed by atoms with Crippen molar-refractivity contribution in [2.45, 2.75) is 38.6 Å². The molecule has 0 aromatic heterocycles. The number of piperidine rings is 1. The van der Waals surface area contributed by atoms with Crippen molar-refractivity contribution in [2.75, 3.05) is 33.2 Å². The lowest BCUT2D eigenvalue weighted by molar-refractivity contribution is -0.137. The van der Waals surface area contributed by atoms with E-state index in [1.807, 2.05) is 6.92 Å². The van der Waals surface area contributed by atoms with Gasteiger partial charge in [0.1, 0.15) is 0 Å². The van der Waals surface area contributed by atoms with E-state index in [0.29, 0.717) is 6.54 Å². The molecule has 0 atom stereocenters. The van der Waals surface area contributed by atoms with Gasteiger partial charge in [0.2, 0.25) is 0 Å².